The lowest BCUT2D eigenvalue weighted by atomic mass is 10.2. The second kappa shape index (κ2) is 5.12. The summed E-state index contributed by atoms with van der Waals surface area (Å²) in [5.41, 5.74) is 8.16. The molecular formula is C11H11Cl2N3S. The minimum atomic E-state index is 0.458. The standard InChI is InChI=1S/C11H11Cl2N3S/c1-6-16-7(5-17-6)4-15-11-3-9(13)8(12)2-10(11)14/h2-3,5,15H,4,14H2,1H3. The van der Waals surface area contributed by atoms with Gasteiger partial charge >= 0.3 is 0 Å². The maximum absolute atomic E-state index is 5.93. The van der Waals surface area contributed by atoms with Crippen LogP contribution in [0.4, 0.5) is 11.4 Å². The van der Waals surface area contributed by atoms with Gasteiger partial charge in [-0.2, -0.15) is 0 Å². The third-order valence-electron chi connectivity index (χ3n) is 2.22. The number of rotatable bonds is 3. The number of hydrogen-bond acceptors (Lipinski definition) is 4. The van der Waals surface area contributed by atoms with Crippen molar-refractivity contribution >= 4 is 45.9 Å². The highest BCUT2D eigenvalue weighted by Gasteiger charge is 2.05. The molecular weight excluding hydrogens is 277 g/mol. The van der Waals surface area contributed by atoms with Gasteiger partial charge in [0, 0.05) is 5.38 Å². The van der Waals surface area contributed by atoms with Gasteiger partial charge in [0.15, 0.2) is 0 Å². The molecule has 1 heterocycles. The van der Waals surface area contributed by atoms with Gasteiger partial charge in [0.1, 0.15) is 0 Å². The van der Waals surface area contributed by atoms with Crippen LogP contribution in [-0.4, -0.2) is 4.98 Å². The number of nitrogen functional groups attached to an aromatic ring is 1. The molecule has 0 spiro atoms. The lowest BCUT2D eigenvalue weighted by Gasteiger charge is -2.09. The Morgan fingerprint density at radius 1 is 1.35 bits per heavy atom. The Bertz CT molecular complexity index is 540. The summed E-state index contributed by atoms with van der Waals surface area (Å²) in [6.07, 6.45) is 0. The molecule has 0 atom stereocenters. The molecule has 2 aromatic rings. The topological polar surface area (TPSA) is 50.9 Å². The van der Waals surface area contributed by atoms with Crippen molar-refractivity contribution in [1.82, 2.24) is 4.98 Å². The van der Waals surface area contributed by atoms with Crippen LogP contribution in [0.5, 0.6) is 0 Å². The molecule has 90 valence electrons. The third kappa shape index (κ3) is 3.03. The van der Waals surface area contributed by atoms with E-state index in [0.717, 1.165) is 16.4 Å². The van der Waals surface area contributed by atoms with Crippen LogP contribution in [0.2, 0.25) is 10.0 Å². The molecule has 2 rings (SSSR count). The summed E-state index contributed by atoms with van der Waals surface area (Å²) in [4.78, 5) is 4.35. The molecule has 0 aliphatic rings. The molecule has 6 heteroatoms. The first-order chi connectivity index (χ1) is 8.06. The molecule has 0 unspecified atom stereocenters. The summed E-state index contributed by atoms with van der Waals surface area (Å²) in [7, 11) is 0. The SMILES string of the molecule is Cc1nc(CNc2cc(Cl)c(Cl)cc2N)cs1. The lowest BCUT2D eigenvalue weighted by Crippen LogP contribution is -2.03. The van der Waals surface area contributed by atoms with Crippen LogP contribution in [0.1, 0.15) is 10.7 Å². The van der Waals surface area contributed by atoms with Gasteiger partial charge in [0.2, 0.25) is 0 Å². The number of anilines is 2. The van der Waals surface area contributed by atoms with Crippen LogP contribution in [0.3, 0.4) is 0 Å². The van der Waals surface area contributed by atoms with Gasteiger partial charge in [-0.05, 0) is 19.1 Å². The number of aromatic nitrogens is 1. The highest BCUT2D eigenvalue weighted by Crippen LogP contribution is 2.30. The number of aryl methyl sites for hydroxylation is 1. The molecule has 17 heavy (non-hydrogen) atoms. The van der Waals surface area contributed by atoms with Crippen LogP contribution in [0.25, 0.3) is 0 Å². The lowest BCUT2D eigenvalue weighted by molar-refractivity contribution is 1.06. The zero-order chi connectivity index (χ0) is 12.4. The molecule has 0 aliphatic carbocycles. The Morgan fingerprint density at radius 3 is 2.71 bits per heavy atom. The summed E-state index contributed by atoms with van der Waals surface area (Å²) >= 11 is 13.4. The van der Waals surface area contributed by atoms with Crippen molar-refractivity contribution in [3.8, 4) is 0 Å². The number of nitrogens with zero attached hydrogens (tertiary/aromatic N) is 1. The average molecular weight is 288 g/mol. The number of nitrogens with one attached hydrogen (secondary N) is 1. The summed E-state index contributed by atoms with van der Waals surface area (Å²) < 4.78 is 0. The molecule has 1 aromatic carbocycles. The number of hydrogen-bond donors (Lipinski definition) is 2. The fourth-order valence-electron chi connectivity index (χ4n) is 1.39. The quantitative estimate of drug-likeness (QED) is 0.841. The largest absolute Gasteiger partial charge is 0.397 e. The molecule has 3 N–H and O–H groups in total. The molecule has 0 aliphatic heterocycles. The van der Waals surface area contributed by atoms with Gasteiger partial charge in [0.25, 0.3) is 0 Å². The van der Waals surface area contributed by atoms with Crippen LogP contribution < -0.4 is 11.1 Å². The summed E-state index contributed by atoms with van der Waals surface area (Å²) in [6, 6.07) is 3.36. The predicted molar refractivity (Wildman–Crippen MR) is 75.1 cm³/mol. The van der Waals surface area contributed by atoms with Crippen molar-refractivity contribution in [3.63, 3.8) is 0 Å². The van der Waals surface area contributed by atoms with Crippen LogP contribution in [0, 0.1) is 6.92 Å². The fourth-order valence-corrected chi connectivity index (χ4v) is 2.34. The van der Waals surface area contributed by atoms with E-state index in [-0.39, 0.29) is 0 Å². The first kappa shape index (κ1) is 12.5. The first-order valence-electron chi connectivity index (χ1n) is 4.95. The van der Waals surface area contributed by atoms with E-state index in [1.165, 1.54) is 0 Å². The number of halogens is 2. The maximum atomic E-state index is 5.93. The van der Waals surface area contributed by atoms with E-state index in [1.807, 2.05) is 12.3 Å². The average Bonchev–Trinajstić information content (AvgIpc) is 2.68. The van der Waals surface area contributed by atoms with E-state index in [2.05, 4.69) is 10.3 Å². The van der Waals surface area contributed by atoms with Gasteiger partial charge in [-0.3, -0.25) is 0 Å². The van der Waals surface area contributed by atoms with E-state index in [0.29, 0.717) is 22.3 Å². The normalized spacial score (nSPS) is 10.5. The Hall–Kier alpha value is -0.970. The molecule has 0 radical (unpaired) electrons. The number of benzene rings is 1. The minimum absolute atomic E-state index is 0.458. The van der Waals surface area contributed by atoms with Gasteiger partial charge in [-0.25, -0.2) is 4.98 Å². The van der Waals surface area contributed by atoms with Crippen molar-refractivity contribution in [3.05, 3.63) is 38.3 Å². The monoisotopic (exact) mass is 287 g/mol. The van der Waals surface area contributed by atoms with Gasteiger partial charge in [-0.1, -0.05) is 23.2 Å². The summed E-state index contributed by atoms with van der Waals surface area (Å²) in [6.45, 7) is 2.59. The zero-order valence-electron chi connectivity index (χ0n) is 9.13. The van der Waals surface area contributed by atoms with Crippen LogP contribution in [-0.2, 0) is 6.54 Å². The van der Waals surface area contributed by atoms with Crippen molar-refractivity contribution in [2.24, 2.45) is 0 Å². The highest BCUT2D eigenvalue weighted by atomic mass is 35.5. The van der Waals surface area contributed by atoms with E-state index in [4.69, 9.17) is 28.9 Å². The smallest absolute Gasteiger partial charge is 0.0898 e. The van der Waals surface area contributed by atoms with Gasteiger partial charge in [0.05, 0.1) is 38.7 Å². The maximum Gasteiger partial charge on any atom is 0.0898 e. The predicted octanol–water partition coefficient (Wildman–Crippen LogP) is 3.95. The number of nitrogens with two attached hydrogens (primary N) is 1. The second-order valence-electron chi connectivity index (χ2n) is 3.56. The van der Waals surface area contributed by atoms with E-state index >= 15 is 0 Å². The molecule has 3 nitrogen and oxygen atoms in total. The zero-order valence-corrected chi connectivity index (χ0v) is 11.5. The van der Waals surface area contributed by atoms with E-state index in [1.54, 1.807) is 23.5 Å². The molecule has 0 fully saturated rings. The Balaban J connectivity index is 2.11. The fraction of sp³-hybridized carbons (Fsp3) is 0.182. The highest BCUT2D eigenvalue weighted by molar-refractivity contribution is 7.09. The summed E-state index contributed by atoms with van der Waals surface area (Å²) in [5.74, 6) is 0. The van der Waals surface area contributed by atoms with Gasteiger partial charge in [-0.15, -0.1) is 11.3 Å². The molecule has 0 amide bonds. The van der Waals surface area contributed by atoms with Crippen molar-refractivity contribution in [2.45, 2.75) is 13.5 Å². The van der Waals surface area contributed by atoms with Crippen LogP contribution >= 0.6 is 34.5 Å². The number of thiazole rings is 1. The molecule has 0 saturated heterocycles. The Kier molecular flexibility index (Phi) is 3.76. The van der Waals surface area contributed by atoms with Crippen LogP contribution in [0.15, 0.2) is 17.5 Å². The first-order valence-corrected chi connectivity index (χ1v) is 6.59. The Morgan fingerprint density at radius 2 is 2.06 bits per heavy atom. The third-order valence-corrected chi connectivity index (χ3v) is 3.76. The van der Waals surface area contributed by atoms with E-state index in [9.17, 15) is 0 Å². The Labute approximate surface area is 114 Å². The summed E-state index contributed by atoms with van der Waals surface area (Å²) in [5, 5.41) is 7.18. The molecule has 1 aromatic heterocycles. The van der Waals surface area contributed by atoms with Gasteiger partial charge < -0.3 is 11.1 Å². The second-order valence-corrected chi connectivity index (χ2v) is 5.44. The van der Waals surface area contributed by atoms with E-state index < -0.39 is 0 Å². The molecule has 0 bridgehead atoms. The van der Waals surface area contributed by atoms with Crippen molar-refractivity contribution in [1.29, 1.82) is 0 Å². The van der Waals surface area contributed by atoms with Crippen molar-refractivity contribution < 1.29 is 0 Å². The van der Waals surface area contributed by atoms with Crippen molar-refractivity contribution in [2.75, 3.05) is 11.1 Å². The molecule has 0 saturated carbocycles. The minimum Gasteiger partial charge on any atom is -0.397 e.